The highest BCUT2D eigenvalue weighted by atomic mass is 16.4. The molecular weight excluding hydrogens is 256 g/mol. The van der Waals surface area contributed by atoms with Gasteiger partial charge in [-0.05, 0) is 31.0 Å². The number of hydrogen-bond acceptors (Lipinski definition) is 2. The molecule has 0 bridgehead atoms. The zero-order valence-electron chi connectivity index (χ0n) is 11.4. The van der Waals surface area contributed by atoms with Crippen molar-refractivity contribution in [3.05, 3.63) is 29.8 Å². The van der Waals surface area contributed by atoms with Gasteiger partial charge in [-0.3, -0.25) is 4.79 Å². The highest BCUT2D eigenvalue weighted by Gasteiger charge is 2.02. The number of carboxylic acids is 1. The van der Waals surface area contributed by atoms with Crippen molar-refractivity contribution >= 4 is 17.7 Å². The number of aliphatic carboxylic acids is 1. The lowest BCUT2D eigenvalue weighted by molar-refractivity contribution is -0.136. The maximum absolute atomic E-state index is 11.5. The van der Waals surface area contributed by atoms with E-state index in [2.05, 4.69) is 22.5 Å². The summed E-state index contributed by atoms with van der Waals surface area (Å²) in [5.41, 5.74) is 1.60. The summed E-state index contributed by atoms with van der Waals surface area (Å²) in [5.74, 6) is 4.79. The molecule has 0 fully saturated rings. The van der Waals surface area contributed by atoms with Crippen LogP contribution in [0.1, 0.15) is 25.3 Å². The van der Waals surface area contributed by atoms with E-state index in [-0.39, 0.29) is 12.5 Å². The van der Waals surface area contributed by atoms with E-state index in [1.54, 1.807) is 31.2 Å². The van der Waals surface area contributed by atoms with Gasteiger partial charge in [0.05, 0.1) is 0 Å². The number of anilines is 1. The van der Waals surface area contributed by atoms with Crippen LogP contribution in [0.15, 0.2) is 24.3 Å². The Morgan fingerprint density at radius 3 is 2.55 bits per heavy atom. The van der Waals surface area contributed by atoms with Crippen LogP contribution in [0.25, 0.3) is 0 Å². The molecule has 106 valence electrons. The summed E-state index contributed by atoms with van der Waals surface area (Å²) in [5, 5.41) is 14.0. The molecule has 0 aromatic heterocycles. The highest BCUT2D eigenvalue weighted by molar-refractivity contribution is 5.89. The van der Waals surface area contributed by atoms with Crippen molar-refractivity contribution in [1.82, 2.24) is 5.32 Å². The lowest BCUT2D eigenvalue weighted by atomic mass is 10.1. The lowest BCUT2D eigenvalue weighted by Gasteiger charge is -2.07. The predicted molar refractivity (Wildman–Crippen MR) is 77.5 cm³/mol. The minimum absolute atomic E-state index is 0.103. The first-order valence-corrected chi connectivity index (χ1v) is 6.37. The molecule has 1 aromatic carbocycles. The zero-order valence-corrected chi connectivity index (χ0v) is 11.4. The van der Waals surface area contributed by atoms with E-state index >= 15 is 0 Å². The second-order valence-electron chi connectivity index (χ2n) is 4.15. The van der Waals surface area contributed by atoms with Gasteiger partial charge in [0.25, 0.3) is 0 Å². The molecule has 0 unspecified atom stereocenters. The summed E-state index contributed by atoms with van der Waals surface area (Å²) < 4.78 is 0. The van der Waals surface area contributed by atoms with Crippen molar-refractivity contribution in [1.29, 1.82) is 0 Å². The summed E-state index contributed by atoms with van der Waals surface area (Å²) >= 11 is 0. The van der Waals surface area contributed by atoms with Crippen LogP contribution in [0.4, 0.5) is 10.5 Å². The van der Waals surface area contributed by atoms with Crippen molar-refractivity contribution in [2.75, 3.05) is 11.9 Å². The highest BCUT2D eigenvalue weighted by Crippen LogP contribution is 2.10. The third-order valence-electron chi connectivity index (χ3n) is 2.55. The van der Waals surface area contributed by atoms with Crippen molar-refractivity contribution in [2.45, 2.75) is 26.2 Å². The van der Waals surface area contributed by atoms with Crippen LogP contribution >= 0.6 is 0 Å². The molecule has 0 saturated carbocycles. The molecule has 0 aliphatic carbocycles. The van der Waals surface area contributed by atoms with E-state index in [1.165, 1.54) is 0 Å². The quantitative estimate of drug-likeness (QED) is 0.550. The van der Waals surface area contributed by atoms with Gasteiger partial charge in [-0.25, -0.2) is 4.79 Å². The van der Waals surface area contributed by atoms with Gasteiger partial charge in [-0.15, -0.1) is 11.8 Å². The van der Waals surface area contributed by atoms with Crippen LogP contribution in [0, 0.1) is 11.8 Å². The summed E-state index contributed by atoms with van der Waals surface area (Å²) in [4.78, 5) is 22.0. The Morgan fingerprint density at radius 1 is 1.25 bits per heavy atom. The van der Waals surface area contributed by atoms with E-state index in [1.807, 2.05) is 0 Å². The number of hydrogen-bond donors (Lipinski definition) is 3. The second kappa shape index (κ2) is 8.59. The average Bonchev–Trinajstić information content (AvgIpc) is 2.43. The Morgan fingerprint density at radius 2 is 1.95 bits per heavy atom. The Bertz CT molecular complexity index is 512. The minimum atomic E-state index is -0.818. The van der Waals surface area contributed by atoms with Crippen LogP contribution in [0.2, 0.25) is 0 Å². The largest absolute Gasteiger partial charge is 0.481 e. The first kappa shape index (κ1) is 15.6. The van der Waals surface area contributed by atoms with E-state index in [4.69, 9.17) is 5.11 Å². The standard InChI is InChI=1S/C15H18N2O3/c1-2-3-4-11-16-15(20)17-13-8-5-12(6-9-13)7-10-14(18)19/h5-6,8-9H,4,7,10-11H2,1H3,(H,18,19)(H2,16,17,20). The summed E-state index contributed by atoms with van der Waals surface area (Å²) in [7, 11) is 0. The zero-order chi connectivity index (χ0) is 14.8. The van der Waals surface area contributed by atoms with Crippen molar-refractivity contribution in [2.24, 2.45) is 0 Å². The smallest absolute Gasteiger partial charge is 0.319 e. The van der Waals surface area contributed by atoms with Gasteiger partial charge >= 0.3 is 12.0 Å². The summed E-state index contributed by atoms with van der Waals surface area (Å²) in [6.07, 6.45) is 1.21. The third kappa shape index (κ3) is 6.45. The molecule has 2 amide bonds. The normalized spacial score (nSPS) is 9.25. The number of benzene rings is 1. The monoisotopic (exact) mass is 274 g/mol. The molecular formula is C15H18N2O3. The summed E-state index contributed by atoms with van der Waals surface area (Å²) in [6, 6.07) is 6.84. The molecule has 5 nitrogen and oxygen atoms in total. The number of carbonyl (C=O) groups is 2. The minimum Gasteiger partial charge on any atom is -0.481 e. The van der Waals surface area contributed by atoms with Crippen molar-refractivity contribution in [3.8, 4) is 11.8 Å². The Kier molecular flexibility index (Phi) is 6.69. The lowest BCUT2D eigenvalue weighted by Crippen LogP contribution is -2.29. The van der Waals surface area contributed by atoms with Crippen LogP contribution in [-0.2, 0) is 11.2 Å². The van der Waals surface area contributed by atoms with E-state index in [0.29, 0.717) is 25.1 Å². The molecule has 0 spiro atoms. The second-order valence-corrected chi connectivity index (χ2v) is 4.15. The van der Waals surface area contributed by atoms with Crippen LogP contribution in [0.3, 0.4) is 0 Å². The van der Waals surface area contributed by atoms with Crippen molar-refractivity contribution in [3.63, 3.8) is 0 Å². The third-order valence-corrected chi connectivity index (χ3v) is 2.55. The van der Waals surface area contributed by atoms with Crippen molar-refractivity contribution < 1.29 is 14.7 Å². The molecule has 1 aromatic rings. The van der Waals surface area contributed by atoms with Crippen LogP contribution < -0.4 is 10.6 Å². The maximum atomic E-state index is 11.5. The van der Waals surface area contributed by atoms with Crippen LogP contribution in [0.5, 0.6) is 0 Å². The van der Waals surface area contributed by atoms with Gasteiger partial charge in [0.2, 0.25) is 0 Å². The molecule has 0 aliphatic rings. The Balaban J connectivity index is 2.38. The summed E-state index contributed by atoms with van der Waals surface area (Å²) in [6.45, 7) is 2.26. The number of urea groups is 1. The number of rotatable bonds is 6. The first-order valence-electron chi connectivity index (χ1n) is 6.37. The van der Waals surface area contributed by atoms with Gasteiger partial charge in [-0.2, -0.15) is 0 Å². The SMILES string of the molecule is CC#CCCNC(=O)Nc1ccc(CCC(=O)O)cc1. The topological polar surface area (TPSA) is 78.4 Å². The van der Waals surface area contributed by atoms with Gasteiger partial charge in [-0.1, -0.05) is 12.1 Å². The van der Waals surface area contributed by atoms with Gasteiger partial charge < -0.3 is 15.7 Å². The predicted octanol–water partition coefficient (Wildman–Crippen LogP) is 2.24. The van der Waals surface area contributed by atoms with E-state index in [0.717, 1.165) is 5.56 Å². The van der Waals surface area contributed by atoms with Crippen LogP contribution in [-0.4, -0.2) is 23.7 Å². The molecule has 0 aliphatic heterocycles. The fraction of sp³-hybridized carbons (Fsp3) is 0.333. The van der Waals surface area contributed by atoms with E-state index < -0.39 is 5.97 Å². The molecule has 20 heavy (non-hydrogen) atoms. The molecule has 3 N–H and O–H groups in total. The Hall–Kier alpha value is -2.48. The molecule has 0 heterocycles. The maximum Gasteiger partial charge on any atom is 0.319 e. The number of carbonyl (C=O) groups excluding carboxylic acids is 1. The number of amides is 2. The number of nitrogens with one attached hydrogen (secondary N) is 2. The Labute approximate surface area is 118 Å². The number of carboxylic acid groups (broad SMARTS) is 1. The van der Waals surface area contributed by atoms with Gasteiger partial charge in [0, 0.05) is 25.1 Å². The molecule has 1 rings (SSSR count). The molecule has 5 heteroatoms. The number of aryl methyl sites for hydroxylation is 1. The molecule has 0 atom stereocenters. The molecule has 0 saturated heterocycles. The fourth-order valence-electron chi connectivity index (χ4n) is 1.54. The molecule has 0 radical (unpaired) electrons. The fourth-order valence-corrected chi connectivity index (χ4v) is 1.54. The van der Waals surface area contributed by atoms with Gasteiger partial charge in [0.1, 0.15) is 0 Å². The first-order chi connectivity index (χ1) is 9.61. The van der Waals surface area contributed by atoms with Gasteiger partial charge in [0.15, 0.2) is 0 Å². The average molecular weight is 274 g/mol. The van der Waals surface area contributed by atoms with E-state index in [9.17, 15) is 9.59 Å².